The van der Waals surface area contributed by atoms with Crippen LogP contribution in [-0.2, 0) is 14.3 Å². The van der Waals surface area contributed by atoms with Gasteiger partial charge in [-0.3, -0.25) is 19.4 Å². The van der Waals surface area contributed by atoms with Gasteiger partial charge in [0.2, 0.25) is 0 Å². The second kappa shape index (κ2) is 6.44. The Morgan fingerprint density at radius 2 is 1.62 bits per heavy atom. The van der Waals surface area contributed by atoms with Crippen molar-refractivity contribution in [2.24, 2.45) is 0 Å². The van der Waals surface area contributed by atoms with E-state index in [0.29, 0.717) is 39.3 Å². The molecule has 1 N–H and O–H groups in total. The van der Waals surface area contributed by atoms with Gasteiger partial charge < -0.3 is 9.84 Å². The number of carbonyl (C=O) groups is 2. The van der Waals surface area contributed by atoms with Gasteiger partial charge in [0.1, 0.15) is 0 Å². The summed E-state index contributed by atoms with van der Waals surface area (Å²) >= 11 is 0. The first-order valence-corrected chi connectivity index (χ1v) is 5.44. The summed E-state index contributed by atoms with van der Waals surface area (Å²) in [5.74, 6) is -1.02. The molecule has 0 spiro atoms. The summed E-state index contributed by atoms with van der Waals surface area (Å²) < 4.78 is 4.85. The van der Waals surface area contributed by atoms with Crippen LogP contribution in [0.4, 0.5) is 0 Å². The minimum Gasteiger partial charge on any atom is -0.480 e. The maximum absolute atomic E-state index is 11.2. The van der Waals surface area contributed by atoms with Crippen LogP contribution in [0.2, 0.25) is 0 Å². The van der Waals surface area contributed by atoms with Crippen molar-refractivity contribution >= 4 is 11.9 Å². The van der Waals surface area contributed by atoms with Crippen LogP contribution in [0, 0.1) is 0 Å². The lowest BCUT2D eigenvalue weighted by Gasteiger charge is -2.32. The van der Waals surface area contributed by atoms with Gasteiger partial charge in [0.25, 0.3) is 0 Å². The number of nitrogens with zero attached hydrogens (tertiary/aromatic N) is 2. The summed E-state index contributed by atoms with van der Waals surface area (Å²) in [5.41, 5.74) is 0. The molecule has 1 rings (SSSR count). The van der Waals surface area contributed by atoms with E-state index in [2.05, 4.69) is 0 Å². The van der Waals surface area contributed by atoms with Crippen LogP contribution < -0.4 is 0 Å². The maximum Gasteiger partial charge on any atom is 0.320 e. The fourth-order valence-electron chi connectivity index (χ4n) is 1.69. The zero-order valence-corrected chi connectivity index (χ0v) is 9.52. The second-order valence-corrected chi connectivity index (χ2v) is 3.75. The Hall–Kier alpha value is -1.14. The van der Waals surface area contributed by atoms with Crippen LogP contribution in [0.1, 0.15) is 6.92 Å². The van der Waals surface area contributed by atoms with E-state index in [-0.39, 0.29) is 12.5 Å². The van der Waals surface area contributed by atoms with Gasteiger partial charge in [0, 0.05) is 26.2 Å². The van der Waals surface area contributed by atoms with Gasteiger partial charge in [-0.2, -0.15) is 0 Å². The molecule has 1 aliphatic rings. The Labute approximate surface area is 94.8 Å². The van der Waals surface area contributed by atoms with Crippen molar-refractivity contribution in [3.05, 3.63) is 0 Å². The predicted molar refractivity (Wildman–Crippen MR) is 57.1 cm³/mol. The molecule has 6 nitrogen and oxygen atoms in total. The quantitative estimate of drug-likeness (QED) is 0.627. The highest BCUT2D eigenvalue weighted by atomic mass is 16.5. The summed E-state index contributed by atoms with van der Waals surface area (Å²) in [6, 6.07) is 0. The minimum absolute atomic E-state index is 0.0766. The smallest absolute Gasteiger partial charge is 0.320 e. The summed E-state index contributed by atoms with van der Waals surface area (Å²) in [7, 11) is 0. The zero-order chi connectivity index (χ0) is 12.0. The lowest BCUT2D eigenvalue weighted by Crippen LogP contribution is -2.49. The van der Waals surface area contributed by atoms with E-state index in [0.717, 1.165) is 0 Å². The maximum atomic E-state index is 11.2. The van der Waals surface area contributed by atoms with Crippen molar-refractivity contribution in [3.8, 4) is 0 Å². The molecule has 0 aliphatic carbocycles. The molecule has 1 aliphatic heterocycles. The molecule has 0 saturated carbocycles. The molecule has 0 aromatic rings. The standard InChI is InChI=1S/C10H18N2O4/c1-2-16-10(15)8-12-5-3-11(4-6-12)7-9(13)14/h2-8H2,1H3,(H,13,14). The molecule has 0 bridgehead atoms. The number of hydrogen-bond donors (Lipinski definition) is 1. The van der Waals surface area contributed by atoms with E-state index in [4.69, 9.17) is 9.84 Å². The van der Waals surface area contributed by atoms with Crippen molar-refractivity contribution in [2.75, 3.05) is 45.9 Å². The molecule has 0 radical (unpaired) electrons. The van der Waals surface area contributed by atoms with Gasteiger partial charge in [-0.05, 0) is 6.92 Å². The van der Waals surface area contributed by atoms with Crippen molar-refractivity contribution in [1.82, 2.24) is 9.80 Å². The Morgan fingerprint density at radius 1 is 1.12 bits per heavy atom. The number of rotatable bonds is 5. The van der Waals surface area contributed by atoms with Gasteiger partial charge in [0.15, 0.2) is 0 Å². The number of carbonyl (C=O) groups excluding carboxylic acids is 1. The summed E-state index contributed by atoms with van der Waals surface area (Å²) in [5, 5.41) is 8.62. The minimum atomic E-state index is -0.807. The second-order valence-electron chi connectivity index (χ2n) is 3.75. The highest BCUT2D eigenvalue weighted by molar-refractivity contribution is 5.71. The normalized spacial score (nSPS) is 18.3. The fraction of sp³-hybridized carbons (Fsp3) is 0.800. The van der Waals surface area contributed by atoms with E-state index < -0.39 is 5.97 Å². The predicted octanol–water partition coefficient (Wildman–Crippen LogP) is -0.748. The van der Waals surface area contributed by atoms with E-state index in [1.807, 2.05) is 9.80 Å². The van der Waals surface area contributed by atoms with E-state index >= 15 is 0 Å². The zero-order valence-electron chi connectivity index (χ0n) is 9.52. The largest absolute Gasteiger partial charge is 0.480 e. The molecule has 0 aromatic carbocycles. The lowest BCUT2D eigenvalue weighted by molar-refractivity contribution is -0.145. The number of ether oxygens (including phenoxy) is 1. The number of carboxylic acid groups (broad SMARTS) is 1. The lowest BCUT2D eigenvalue weighted by atomic mass is 10.3. The van der Waals surface area contributed by atoms with Crippen LogP contribution in [0.3, 0.4) is 0 Å². The van der Waals surface area contributed by atoms with Crippen molar-refractivity contribution < 1.29 is 19.4 Å². The number of piperazine rings is 1. The van der Waals surface area contributed by atoms with Crippen LogP contribution in [-0.4, -0.2) is 72.7 Å². The Bertz CT molecular complexity index is 249. The molecule has 92 valence electrons. The number of aliphatic carboxylic acids is 1. The molecule has 1 heterocycles. The third kappa shape index (κ3) is 4.59. The Kier molecular flexibility index (Phi) is 5.21. The van der Waals surface area contributed by atoms with Gasteiger partial charge in [0.05, 0.1) is 19.7 Å². The average Bonchev–Trinajstić information content (AvgIpc) is 2.20. The summed E-state index contributed by atoms with van der Waals surface area (Å²) in [6.45, 7) is 5.36. The Morgan fingerprint density at radius 3 is 2.06 bits per heavy atom. The van der Waals surface area contributed by atoms with Gasteiger partial charge >= 0.3 is 11.9 Å². The summed E-state index contributed by atoms with van der Waals surface area (Å²) in [6.07, 6.45) is 0. The first kappa shape index (κ1) is 12.9. The highest BCUT2D eigenvalue weighted by Gasteiger charge is 2.20. The third-order valence-electron chi connectivity index (χ3n) is 2.48. The van der Waals surface area contributed by atoms with Gasteiger partial charge in [-0.25, -0.2) is 0 Å². The van der Waals surface area contributed by atoms with Crippen molar-refractivity contribution in [3.63, 3.8) is 0 Å². The molecule has 16 heavy (non-hydrogen) atoms. The monoisotopic (exact) mass is 230 g/mol. The molecular formula is C10H18N2O4. The SMILES string of the molecule is CCOC(=O)CN1CCN(CC(=O)O)CC1. The topological polar surface area (TPSA) is 70.1 Å². The van der Waals surface area contributed by atoms with Crippen LogP contribution >= 0.6 is 0 Å². The first-order chi connectivity index (χ1) is 7.61. The van der Waals surface area contributed by atoms with Crippen LogP contribution in [0.15, 0.2) is 0 Å². The Balaban J connectivity index is 2.21. The highest BCUT2D eigenvalue weighted by Crippen LogP contribution is 2.01. The fourth-order valence-corrected chi connectivity index (χ4v) is 1.69. The van der Waals surface area contributed by atoms with E-state index in [1.165, 1.54) is 0 Å². The third-order valence-corrected chi connectivity index (χ3v) is 2.48. The molecule has 1 saturated heterocycles. The molecule has 0 unspecified atom stereocenters. The van der Waals surface area contributed by atoms with Gasteiger partial charge in [-0.1, -0.05) is 0 Å². The first-order valence-electron chi connectivity index (χ1n) is 5.44. The van der Waals surface area contributed by atoms with Crippen LogP contribution in [0.25, 0.3) is 0 Å². The molecular weight excluding hydrogens is 212 g/mol. The number of hydrogen-bond acceptors (Lipinski definition) is 5. The molecule has 0 aromatic heterocycles. The van der Waals surface area contributed by atoms with Crippen molar-refractivity contribution in [2.45, 2.75) is 6.92 Å². The average molecular weight is 230 g/mol. The molecule has 0 atom stereocenters. The van der Waals surface area contributed by atoms with Crippen LogP contribution in [0.5, 0.6) is 0 Å². The molecule has 1 fully saturated rings. The van der Waals surface area contributed by atoms with E-state index in [9.17, 15) is 9.59 Å². The molecule has 0 amide bonds. The summed E-state index contributed by atoms with van der Waals surface area (Å²) in [4.78, 5) is 25.5. The van der Waals surface area contributed by atoms with Gasteiger partial charge in [-0.15, -0.1) is 0 Å². The van der Waals surface area contributed by atoms with Crippen molar-refractivity contribution in [1.29, 1.82) is 0 Å². The molecule has 6 heteroatoms. The number of carboxylic acids is 1. The van der Waals surface area contributed by atoms with E-state index in [1.54, 1.807) is 6.92 Å². The number of esters is 1.